The second kappa shape index (κ2) is 17.9. The van der Waals surface area contributed by atoms with Crippen LogP contribution in [0.4, 0.5) is 0 Å². The smallest absolute Gasteiger partial charge is 0.0705 e. The number of aryl methyl sites for hydroxylation is 2. The highest BCUT2D eigenvalue weighted by Crippen LogP contribution is 2.43. The van der Waals surface area contributed by atoms with Crippen LogP contribution in [0.2, 0.25) is 0 Å². The molecule has 318 valence electrons. The molecule has 0 saturated heterocycles. The van der Waals surface area contributed by atoms with E-state index in [1.807, 2.05) is 30.7 Å². The van der Waals surface area contributed by atoms with Crippen LogP contribution >= 0.6 is 0 Å². The first-order chi connectivity index (χ1) is 32.2. The summed E-state index contributed by atoms with van der Waals surface area (Å²) >= 11 is 0. The second-order valence-electron chi connectivity index (χ2n) is 18.2. The molecule has 7 aromatic carbocycles. The van der Waals surface area contributed by atoms with Crippen LogP contribution in [-0.4, -0.2) is 15.0 Å². The van der Waals surface area contributed by atoms with Gasteiger partial charge >= 0.3 is 0 Å². The molecule has 0 saturated carbocycles. The SMILES string of the molecule is Cc1cc(-c2ccccc2)ncc1-c1ccccc1-c1cc(-c2ccccc2-c2ccc(-c3cc(C(C)(C)C)ccn3)cc2)cc(-c2ccccc2-c2cnc(-c3ccccc3)cc2C)c1. The van der Waals surface area contributed by atoms with Crippen LogP contribution in [0.3, 0.4) is 0 Å². The molecule has 0 fully saturated rings. The van der Waals surface area contributed by atoms with Crippen molar-refractivity contribution >= 4 is 0 Å². The molecule has 0 N–H and O–H groups in total. The molecule has 3 nitrogen and oxygen atoms in total. The number of aromatic nitrogens is 3. The van der Waals surface area contributed by atoms with Gasteiger partial charge in [0.1, 0.15) is 0 Å². The molecule has 3 heteroatoms. The van der Waals surface area contributed by atoms with E-state index in [1.165, 1.54) is 22.3 Å². The monoisotopic (exact) mass is 849 g/mol. The highest BCUT2D eigenvalue weighted by molar-refractivity contribution is 5.95. The van der Waals surface area contributed by atoms with Crippen molar-refractivity contribution in [1.82, 2.24) is 15.0 Å². The van der Waals surface area contributed by atoms with Crippen molar-refractivity contribution in [3.05, 3.63) is 235 Å². The van der Waals surface area contributed by atoms with Crippen LogP contribution < -0.4 is 0 Å². The molecule has 0 spiro atoms. The lowest BCUT2D eigenvalue weighted by molar-refractivity contribution is 0.589. The van der Waals surface area contributed by atoms with Crippen molar-refractivity contribution in [1.29, 1.82) is 0 Å². The van der Waals surface area contributed by atoms with Gasteiger partial charge in [0.15, 0.2) is 0 Å². The van der Waals surface area contributed by atoms with Crippen molar-refractivity contribution in [3.63, 3.8) is 0 Å². The van der Waals surface area contributed by atoms with E-state index in [9.17, 15) is 0 Å². The average molecular weight is 850 g/mol. The normalized spacial score (nSPS) is 11.4. The molecule has 0 aliphatic rings. The van der Waals surface area contributed by atoms with Gasteiger partial charge in [-0.3, -0.25) is 15.0 Å². The Hall–Kier alpha value is -8.01. The van der Waals surface area contributed by atoms with E-state index in [4.69, 9.17) is 15.0 Å². The van der Waals surface area contributed by atoms with Crippen LogP contribution in [-0.2, 0) is 5.41 Å². The van der Waals surface area contributed by atoms with Crippen molar-refractivity contribution in [2.45, 2.75) is 40.0 Å². The molecule has 0 aliphatic carbocycles. The van der Waals surface area contributed by atoms with Crippen molar-refractivity contribution < 1.29 is 0 Å². The molecule has 0 atom stereocenters. The first-order valence-electron chi connectivity index (χ1n) is 22.7. The summed E-state index contributed by atoms with van der Waals surface area (Å²) in [4.78, 5) is 14.8. The highest BCUT2D eigenvalue weighted by Gasteiger charge is 2.19. The van der Waals surface area contributed by atoms with Gasteiger partial charge in [-0.05, 0) is 134 Å². The molecule has 3 heterocycles. The Kier molecular flexibility index (Phi) is 11.4. The minimum absolute atomic E-state index is 0.0381. The second-order valence-corrected chi connectivity index (χ2v) is 18.2. The number of pyridine rings is 3. The van der Waals surface area contributed by atoms with Crippen LogP contribution in [0.25, 0.3) is 101 Å². The van der Waals surface area contributed by atoms with Crippen LogP contribution in [0.15, 0.2) is 219 Å². The fourth-order valence-electron chi connectivity index (χ4n) is 9.11. The molecule has 10 rings (SSSR count). The van der Waals surface area contributed by atoms with Crippen molar-refractivity contribution in [3.8, 4) is 101 Å². The van der Waals surface area contributed by atoms with Crippen LogP contribution in [0, 0.1) is 13.8 Å². The van der Waals surface area contributed by atoms with Gasteiger partial charge in [0, 0.05) is 46.4 Å². The number of hydrogen-bond donors (Lipinski definition) is 0. The van der Waals surface area contributed by atoms with E-state index >= 15 is 0 Å². The summed E-state index contributed by atoms with van der Waals surface area (Å²) in [7, 11) is 0. The lowest BCUT2D eigenvalue weighted by atomic mass is 9.85. The third-order valence-corrected chi connectivity index (χ3v) is 12.7. The van der Waals surface area contributed by atoms with E-state index in [1.54, 1.807) is 0 Å². The van der Waals surface area contributed by atoms with Gasteiger partial charge in [-0.1, -0.05) is 178 Å². The largest absolute Gasteiger partial charge is 0.256 e. The first-order valence-corrected chi connectivity index (χ1v) is 22.7. The van der Waals surface area contributed by atoms with Crippen LogP contribution in [0.1, 0.15) is 37.5 Å². The maximum absolute atomic E-state index is 5.01. The molecule has 0 bridgehead atoms. The highest BCUT2D eigenvalue weighted by atomic mass is 14.7. The molecule has 10 aromatic rings. The summed E-state index contributed by atoms with van der Waals surface area (Å²) < 4.78 is 0. The summed E-state index contributed by atoms with van der Waals surface area (Å²) in [6.07, 6.45) is 6.01. The Morgan fingerprint density at radius 3 is 1.06 bits per heavy atom. The lowest BCUT2D eigenvalue weighted by Gasteiger charge is -2.19. The molecule has 66 heavy (non-hydrogen) atoms. The average Bonchev–Trinajstić information content (AvgIpc) is 3.36. The quantitative estimate of drug-likeness (QED) is 0.145. The van der Waals surface area contributed by atoms with E-state index in [2.05, 4.69) is 223 Å². The van der Waals surface area contributed by atoms with Gasteiger partial charge in [0.25, 0.3) is 0 Å². The Morgan fingerprint density at radius 1 is 0.288 bits per heavy atom. The maximum atomic E-state index is 5.01. The summed E-state index contributed by atoms with van der Waals surface area (Å²) in [5.74, 6) is 0. The number of rotatable bonds is 9. The van der Waals surface area contributed by atoms with Crippen molar-refractivity contribution in [2.24, 2.45) is 0 Å². The summed E-state index contributed by atoms with van der Waals surface area (Å²) in [5, 5.41) is 0. The number of nitrogens with zero attached hydrogens (tertiary/aromatic N) is 3. The van der Waals surface area contributed by atoms with E-state index < -0.39 is 0 Å². The van der Waals surface area contributed by atoms with Gasteiger partial charge in [0.2, 0.25) is 0 Å². The zero-order valence-corrected chi connectivity index (χ0v) is 38.1. The Morgan fingerprint density at radius 2 is 0.636 bits per heavy atom. The van der Waals surface area contributed by atoms with E-state index in [0.29, 0.717) is 0 Å². The van der Waals surface area contributed by atoms with Gasteiger partial charge in [-0.25, -0.2) is 0 Å². The molecular weight excluding hydrogens is 799 g/mol. The molecule has 0 amide bonds. The summed E-state index contributed by atoms with van der Waals surface area (Å²) in [6.45, 7) is 11.1. The minimum Gasteiger partial charge on any atom is -0.256 e. The fraction of sp³-hybridized carbons (Fsp3) is 0.0952. The predicted molar refractivity (Wildman–Crippen MR) is 277 cm³/mol. The van der Waals surface area contributed by atoms with Crippen molar-refractivity contribution in [2.75, 3.05) is 0 Å². The standard InChI is InChI=1S/C63H51N3/c1-42-34-60(45-18-8-6-9-19-45)65-40-58(42)56-26-16-14-24-54(56)49-36-48(53-23-13-12-22-52(53)44-28-30-47(31-29-44)62-39-51(32-33-64-62)63(3,4)5)37-50(38-49)55-25-15-17-27-57(55)59-41-66-61(35-43(59)2)46-20-10-7-11-21-46/h6-41H,1-5H3. The molecule has 3 aromatic heterocycles. The molecule has 0 aliphatic heterocycles. The van der Waals surface area contributed by atoms with Gasteiger partial charge in [-0.2, -0.15) is 0 Å². The topological polar surface area (TPSA) is 38.7 Å². The van der Waals surface area contributed by atoms with E-state index in [-0.39, 0.29) is 5.41 Å². The van der Waals surface area contributed by atoms with Gasteiger partial charge in [-0.15, -0.1) is 0 Å². The zero-order valence-electron chi connectivity index (χ0n) is 38.1. The predicted octanol–water partition coefficient (Wildman–Crippen LogP) is 16.8. The van der Waals surface area contributed by atoms with Gasteiger partial charge in [0.05, 0.1) is 17.1 Å². The molecule has 0 radical (unpaired) electrons. The summed E-state index contributed by atoms with van der Waals surface area (Å²) in [6, 6.07) is 71.8. The molecular formula is C63H51N3. The zero-order chi connectivity index (χ0) is 45.2. The van der Waals surface area contributed by atoms with Crippen LogP contribution in [0.5, 0.6) is 0 Å². The Balaban J connectivity index is 1.13. The number of hydrogen-bond acceptors (Lipinski definition) is 3. The number of benzene rings is 7. The third-order valence-electron chi connectivity index (χ3n) is 12.7. The molecule has 0 unspecified atom stereocenters. The van der Waals surface area contributed by atoms with Gasteiger partial charge < -0.3 is 0 Å². The van der Waals surface area contributed by atoms with E-state index in [0.717, 1.165) is 95.0 Å². The lowest BCUT2D eigenvalue weighted by Crippen LogP contribution is -2.11. The fourth-order valence-corrected chi connectivity index (χ4v) is 9.11. The summed E-state index contributed by atoms with van der Waals surface area (Å²) in [5.41, 5.74) is 23.6. The minimum atomic E-state index is 0.0381. The maximum Gasteiger partial charge on any atom is 0.0705 e. The Bertz CT molecular complexity index is 3190. The first kappa shape index (κ1) is 42.0. The third kappa shape index (κ3) is 8.52. The Labute approximate surface area is 389 Å².